The molecule has 0 amide bonds. The van der Waals surface area contributed by atoms with Crippen LogP contribution in [0.5, 0.6) is 0 Å². The summed E-state index contributed by atoms with van der Waals surface area (Å²) in [6.07, 6.45) is 0. The highest BCUT2D eigenvalue weighted by Gasteiger charge is 2.12. The van der Waals surface area contributed by atoms with E-state index in [4.69, 9.17) is 11.5 Å². The molecule has 0 saturated carbocycles. The first kappa shape index (κ1) is 9.98. The van der Waals surface area contributed by atoms with Crippen LogP contribution in [0.1, 0.15) is 10.4 Å². The van der Waals surface area contributed by atoms with E-state index in [1.807, 2.05) is 0 Å². The molecule has 0 aliphatic carbocycles. The van der Waals surface area contributed by atoms with E-state index in [-0.39, 0.29) is 28.1 Å². The Kier molecular flexibility index (Phi) is 2.87. The third-order valence-corrected chi connectivity index (χ3v) is 2.17. The van der Waals surface area contributed by atoms with Crippen LogP contribution in [0.4, 0.5) is 15.8 Å². The fraction of sp³-hybridized carbons (Fsp3) is 0.125. The maximum atomic E-state index is 12.8. The maximum absolute atomic E-state index is 12.8. The van der Waals surface area contributed by atoms with Gasteiger partial charge in [-0.15, -0.1) is 0 Å². The van der Waals surface area contributed by atoms with Gasteiger partial charge in [0.2, 0.25) is 0 Å². The molecule has 0 radical (unpaired) electrons. The minimum absolute atomic E-state index is 0.00412. The molecule has 70 valence electrons. The number of benzene rings is 1. The topological polar surface area (TPSA) is 69.1 Å². The van der Waals surface area contributed by atoms with Crippen molar-refractivity contribution >= 4 is 33.1 Å². The van der Waals surface area contributed by atoms with Crippen molar-refractivity contribution < 1.29 is 9.18 Å². The molecule has 0 heterocycles. The van der Waals surface area contributed by atoms with Crippen LogP contribution in [0.15, 0.2) is 12.1 Å². The highest BCUT2D eigenvalue weighted by molar-refractivity contribution is 9.09. The fourth-order valence-electron chi connectivity index (χ4n) is 0.925. The summed E-state index contributed by atoms with van der Waals surface area (Å²) in [6.45, 7) is 0. The Morgan fingerprint density at radius 2 is 2.00 bits per heavy atom. The lowest BCUT2D eigenvalue weighted by molar-refractivity contribution is 0.102. The van der Waals surface area contributed by atoms with Crippen LogP contribution in [0.3, 0.4) is 0 Å². The molecule has 0 saturated heterocycles. The summed E-state index contributed by atoms with van der Waals surface area (Å²) in [4.78, 5) is 11.2. The molecule has 1 aromatic rings. The van der Waals surface area contributed by atoms with Gasteiger partial charge in [-0.3, -0.25) is 4.79 Å². The number of carbonyl (C=O) groups is 1. The molecule has 0 spiro atoms. The van der Waals surface area contributed by atoms with Crippen molar-refractivity contribution in [2.24, 2.45) is 0 Å². The van der Waals surface area contributed by atoms with Crippen molar-refractivity contribution in [3.63, 3.8) is 0 Å². The van der Waals surface area contributed by atoms with Crippen LogP contribution >= 0.6 is 15.9 Å². The second kappa shape index (κ2) is 3.74. The van der Waals surface area contributed by atoms with Gasteiger partial charge in [0.05, 0.1) is 16.7 Å². The lowest BCUT2D eigenvalue weighted by Crippen LogP contribution is -2.08. The molecule has 1 aromatic carbocycles. The van der Waals surface area contributed by atoms with Crippen molar-refractivity contribution in [3.05, 3.63) is 23.5 Å². The number of nitrogen functional groups attached to an aromatic ring is 2. The van der Waals surface area contributed by atoms with Crippen LogP contribution in [-0.2, 0) is 0 Å². The van der Waals surface area contributed by atoms with E-state index >= 15 is 0 Å². The number of carbonyl (C=O) groups excluding carboxylic acids is 1. The summed E-state index contributed by atoms with van der Waals surface area (Å²) in [6, 6.07) is 2.45. The molecule has 0 bridgehead atoms. The van der Waals surface area contributed by atoms with Gasteiger partial charge < -0.3 is 11.5 Å². The third kappa shape index (κ3) is 1.80. The van der Waals surface area contributed by atoms with Crippen LogP contribution in [0.2, 0.25) is 0 Å². The Hall–Kier alpha value is -1.10. The number of halogens is 2. The zero-order chi connectivity index (χ0) is 10.0. The molecule has 3 nitrogen and oxygen atoms in total. The zero-order valence-electron chi connectivity index (χ0n) is 6.68. The van der Waals surface area contributed by atoms with Crippen molar-refractivity contribution in [2.75, 3.05) is 16.8 Å². The SMILES string of the molecule is Nc1c(F)ccc(C(=O)CBr)c1N. The Balaban J connectivity index is 3.26. The number of ketones is 1. The number of hydrogen-bond acceptors (Lipinski definition) is 3. The summed E-state index contributed by atoms with van der Waals surface area (Å²) >= 11 is 2.99. The van der Waals surface area contributed by atoms with Gasteiger partial charge in [-0.05, 0) is 12.1 Å². The number of Topliss-reactive ketones (excluding diaryl/α,β-unsaturated/α-hetero) is 1. The average Bonchev–Trinajstić information content (AvgIpc) is 2.13. The number of rotatable bonds is 2. The van der Waals surface area contributed by atoms with Crippen LogP contribution in [0, 0.1) is 5.82 Å². The smallest absolute Gasteiger partial charge is 0.175 e. The molecular weight excluding hydrogens is 239 g/mol. The Bertz CT molecular complexity index is 354. The Morgan fingerprint density at radius 3 is 2.54 bits per heavy atom. The van der Waals surface area contributed by atoms with Gasteiger partial charge in [-0.1, -0.05) is 15.9 Å². The van der Waals surface area contributed by atoms with Gasteiger partial charge >= 0.3 is 0 Å². The van der Waals surface area contributed by atoms with Crippen LogP contribution in [-0.4, -0.2) is 11.1 Å². The van der Waals surface area contributed by atoms with Gasteiger partial charge in [-0.2, -0.15) is 0 Å². The average molecular weight is 247 g/mol. The van der Waals surface area contributed by atoms with Gasteiger partial charge in [0, 0.05) is 5.56 Å². The molecule has 0 unspecified atom stereocenters. The second-order valence-electron chi connectivity index (χ2n) is 2.48. The van der Waals surface area contributed by atoms with Crippen molar-refractivity contribution in [1.82, 2.24) is 0 Å². The first-order valence-electron chi connectivity index (χ1n) is 3.50. The summed E-state index contributed by atoms with van der Waals surface area (Å²) in [5.74, 6) is -0.826. The molecule has 4 N–H and O–H groups in total. The fourth-order valence-corrected chi connectivity index (χ4v) is 1.23. The number of alkyl halides is 1. The standard InChI is InChI=1S/C8H8BrFN2O/c9-3-6(13)4-1-2-5(10)8(12)7(4)11/h1-2H,3,11-12H2. The van der Waals surface area contributed by atoms with E-state index < -0.39 is 5.82 Å². The predicted molar refractivity (Wildman–Crippen MR) is 53.3 cm³/mol. The van der Waals surface area contributed by atoms with E-state index in [0.717, 1.165) is 6.07 Å². The molecule has 0 aliphatic rings. The van der Waals surface area contributed by atoms with Gasteiger partial charge in [0.1, 0.15) is 5.82 Å². The molecule has 0 aliphatic heterocycles. The van der Waals surface area contributed by atoms with E-state index in [2.05, 4.69) is 15.9 Å². The first-order chi connectivity index (χ1) is 6.07. The minimum atomic E-state index is -0.608. The molecule has 0 atom stereocenters. The second-order valence-corrected chi connectivity index (χ2v) is 3.04. The van der Waals surface area contributed by atoms with Crippen LogP contribution < -0.4 is 11.5 Å². The van der Waals surface area contributed by atoms with Crippen molar-refractivity contribution in [2.45, 2.75) is 0 Å². The quantitative estimate of drug-likeness (QED) is 0.473. The molecule has 5 heteroatoms. The van der Waals surface area contributed by atoms with Gasteiger partial charge in [-0.25, -0.2) is 4.39 Å². The molecule has 0 fully saturated rings. The van der Waals surface area contributed by atoms with Gasteiger partial charge in [0.25, 0.3) is 0 Å². The number of anilines is 2. The van der Waals surface area contributed by atoms with E-state index in [1.165, 1.54) is 6.07 Å². The highest BCUT2D eigenvalue weighted by Crippen LogP contribution is 2.23. The monoisotopic (exact) mass is 246 g/mol. The summed E-state index contributed by atoms with van der Waals surface area (Å²) in [5, 5.41) is 0.141. The summed E-state index contributed by atoms with van der Waals surface area (Å²) < 4.78 is 12.8. The van der Waals surface area contributed by atoms with Crippen molar-refractivity contribution in [3.8, 4) is 0 Å². The molecule has 0 aromatic heterocycles. The summed E-state index contributed by atoms with van der Waals surface area (Å²) in [5.41, 5.74) is 10.8. The largest absolute Gasteiger partial charge is 0.396 e. The molecule has 1 rings (SSSR count). The van der Waals surface area contributed by atoms with E-state index in [1.54, 1.807) is 0 Å². The molecule has 13 heavy (non-hydrogen) atoms. The normalized spacial score (nSPS) is 10.0. The highest BCUT2D eigenvalue weighted by atomic mass is 79.9. The van der Waals surface area contributed by atoms with Crippen molar-refractivity contribution in [1.29, 1.82) is 0 Å². The first-order valence-corrected chi connectivity index (χ1v) is 4.62. The predicted octanol–water partition coefficient (Wildman–Crippen LogP) is 1.57. The Morgan fingerprint density at radius 1 is 1.38 bits per heavy atom. The molecular formula is C8H8BrFN2O. The van der Waals surface area contributed by atoms with Crippen LogP contribution in [0.25, 0.3) is 0 Å². The number of hydrogen-bond donors (Lipinski definition) is 2. The lowest BCUT2D eigenvalue weighted by Gasteiger charge is -2.06. The lowest BCUT2D eigenvalue weighted by atomic mass is 10.1. The summed E-state index contributed by atoms with van der Waals surface area (Å²) in [7, 11) is 0. The van der Waals surface area contributed by atoms with E-state index in [9.17, 15) is 9.18 Å². The number of nitrogens with two attached hydrogens (primary N) is 2. The Labute approximate surface area is 83.0 Å². The zero-order valence-corrected chi connectivity index (χ0v) is 8.27. The minimum Gasteiger partial charge on any atom is -0.396 e. The van der Waals surface area contributed by atoms with Gasteiger partial charge in [0.15, 0.2) is 5.78 Å². The maximum Gasteiger partial charge on any atom is 0.175 e. The van der Waals surface area contributed by atoms with E-state index in [0.29, 0.717) is 0 Å². The third-order valence-electron chi connectivity index (χ3n) is 1.66.